The van der Waals surface area contributed by atoms with Crippen molar-refractivity contribution in [3.05, 3.63) is 48.3 Å². The molecule has 0 unspecified atom stereocenters. The molecule has 1 aromatic carbocycles. The average molecular weight is 456 g/mol. The van der Waals surface area contributed by atoms with E-state index in [2.05, 4.69) is 20.7 Å². The third kappa shape index (κ3) is 8.01. The van der Waals surface area contributed by atoms with Crippen LogP contribution in [0.4, 0.5) is 5.69 Å². The van der Waals surface area contributed by atoms with Crippen molar-refractivity contribution < 1.29 is 4.79 Å². The van der Waals surface area contributed by atoms with Crippen molar-refractivity contribution in [2.45, 2.75) is 39.4 Å². The summed E-state index contributed by atoms with van der Waals surface area (Å²) < 4.78 is 1.57. The maximum Gasteiger partial charge on any atom is 0.246 e. The van der Waals surface area contributed by atoms with Gasteiger partial charge in [-0.3, -0.25) is 9.48 Å². The first kappa shape index (κ1) is 20.9. The molecule has 0 aliphatic carbocycles. The average Bonchev–Trinajstić information content (AvgIpc) is 2.96. The van der Waals surface area contributed by atoms with Gasteiger partial charge in [-0.2, -0.15) is 5.10 Å². The van der Waals surface area contributed by atoms with Crippen LogP contribution in [-0.4, -0.2) is 27.2 Å². The second kappa shape index (κ2) is 9.40. The van der Waals surface area contributed by atoms with Crippen molar-refractivity contribution in [1.29, 1.82) is 0 Å². The minimum Gasteiger partial charge on any atom is -0.370 e. The smallest absolute Gasteiger partial charge is 0.246 e. The number of rotatable bonds is 5. The first-order valence-corrected chi connectivity index (χ1v) is 7.76. The number of benzene rings is 1. The molecule has 0 aliphatic rings. The summed E-state index contributed by atoms with van der Waals surface area (Å²) in [4.78, 5) is 16.3. The lowest BCUT2D eigenvalue weighted by Gasteiger charge is -2.21. The maximum absolute atomic E-state index is 12.0. The topological polar surface area (TPSA) is 97.3 Å². The number of nitrogens with zero attached hydrogens (tertiary/aromatic N) is 3. The summed E-state index contributed by atoms with van der Waals surface area (Å²) in [6.07, 6.45) is 3.39. The highest BCUT2D eigenvalue weighted by molar-refractivity contribution is 14.0. The lowest BCUT2D eigenvalue weighted by atomic mass is 10.1. The van der Waals surface area contributed by atoms with Gasteiger partial charge in [0.05, 0.1) is 6.54 Å². The summed E-state index contributed by atoms with van der Waals surface area (Å²) in [5.74, 6) is 0.267. The lowest BCUT2D eigenvalue weighted by molar-refractivity contribution is -0.116. The van der Waals surface area contributed by atoms with Crippen LogP contribution in [0.3, 0.4) is 0 Å². The number of aliphatic imine (C=N–C) groups is 1. The van der Waals surface area contributed by atoms with Crippen LogP contribution < -0.4 is 16.4 Å². The van der Waals surface area contributed by atoms with Gasteiger partial charge in [0.15, 0.2) is 5.96 Å². The quantitative estimate of drug-likeness (QED) is 0.366. The molecular weight excluding hydrogens is 431 g/mol. The molecule has 1 amide bonds. The van der Waals surface area contributed by atoms with Crippen LogP contribution in [0.1, 0.15) is 26.3 Å². The largest absolute Gasteiger partial charge is 0.370 e. The Balaban J connectivity index is 0.00000312. The molecule has 0 spiro atoms. The van der Waals surface area contributed by atoms with E-state index in [1.54, 1.807) is 23.1 Å². The van der Waals surface area contributed by atoms with Crippen molar-refractivity contribution in [2.24, 2.45) is 10.7 Å². The summed E-state index contributed by atoms with van der Waals surface area (Å²) in [7, 11) is 0. The van der Waals surface area contributed by atoms with E-state index in [-0.39, 0.29) is 42.0 Å². The molecule has 4 N–H and O–H groups in total. The Morgan fingerprint density at radius 1 is 1.32 bits per heavy atom. The van der Waals surface area contributed by atoms with Gasteiger partial charge < -0.3 is 16.4 Å². The second-order valence-corrected chi connectivity index (χ2v) is 6.53. The van der Waals surface area contributed by atoms with E-state index >= 15 is 0 Å². The van der Waals surface area contributed by atoms with Crippen LogP contribution in [0.2, 0.25) is 0 Å². The van der Waals surface area contributed by atoms with Gasteiger partial charge in [0.2, 0.25) is 5.91 Å². The molecule has 7 nitrogen and oxygen atoms in total. The fourth-order valence-electron chi connectivity index (χ4n) is 2.09. The summed E-state index contributed by atoms with van der Waals surface area (Å²) in [6, 6.07) is 9.32. The molecule has 0 saturated heterocycles. The Bertz CT molecular complexity index is 706. The molecule has 25 heavy (non-hydrogen) atoms. The summed E-state index contributed by atoms with van der Waals surface area (Å²) >= 11 is 0. The fourth-order valence-corrected chi connectivity index (χ4v) is 2.09. The Hall–Kier alpha value is -2.10. The standard InChI is InChI=1S/C17H24N6O.HI/c1-17(2,3)22-16(18)19-11-13-6-4-7-14(10-13)21-15(24)12-23-9-5-8-20-23;/h4-10H,11-12H2,1-3H3,(H,21,24)(H3,18,19,22);1H. The molecule has 1 heterocycles. The first-order valence-electron chi connectivity index (χ1n) is 7.76. The number of hydrogen-bond donors (Lipinski definition) is 3. The van der Waals surface area contributed by atoms with E-state index in [9.17, 15) is 4.79 Å². The third-order valence-electron chi connectivity index (χ3n) is 3.01. The van der Waals surface area contributed by atoms with E-state index in [0.717, 1.165) is 11.3 Å². The molecule has 0 atom stereocenters. The molecule has 0 bridgehead atoms. The number of carbonyl (C=O) groups excluding carboxylic acids is 1. The summed E-state index contributed by atoms with van der Waals surface area (Å²) in [6.45, 7) is 6.68. The third-order valence-corrected chi connectivity index (χ3v) is 3.01. The number of anilines is 1. The minimum atomic E-state index is -0.131. The van der Waals surface area contributed by atoms with E-state index in [1.165, 1.54) is 0 Å². The highest BCUT2D eigenvalue weighted by atomic mass is 127. The first-order chi connectivity index (χ1) is 11.3. The van der Waals surface area contributed by atoms with Gasteiger partial charge in [-0.1, -0.05) is 12.1 Å². The molecule has 0 radical (unpaired) electrons. The van der Waals surface area contributed by atoms with E-state index < -0.39 is 0 Å². The van der Waals surface area contributed by atoms with Gasteiger partial charge in [-0.05, 0) is 44.5 Å². The van der Waals surface area contributed by atoms with Crippen molar-refractivity contribution in [1.82, 2.24) is 15.1 Å². The number of carbonyl (C=O) groups is 1. The normalized spacial score (nSPS) is 11.6. The zero-order valence-electron chi connectivity index (χ0n) is 14.7. The number of nitrogens with two attached hydrogens (primary N) is 1. The van der Waals surface area contributed by atoms with E-state index in [4.69, 9.17) is 5.73 Å². The van der Waals surface area contributed by atoms with Crippen LogP contribution in [0.5, 0.6) is 0 Å². The van der Waals surface area contributed by atoms with Gasteiger partial charge in [0, 0.05) is 23.6 Å². The Morgan fingerprint density at radius 3 is 2.72 bits per heavy atom. The minimum absolute atomic E-state index is 0. The SMILES string of the molecule is CC(C)(C)NC(N)=NCc1cccc(NC(=O)Cn2cccn2)c1.I. The monoisotopic (exact) mass is 456 g/mol. The molecule has 8 heteroatoms. The fraction of sp³-hybridized carbons (Fsp3) is 0.353. The highest BCUT2D eigenvalue weighted by Gasteiger charge is 2.09. The summed E-state index contributed by atoms with van der Waals surface area (Å²) in [5.41, 5.74) is 7.42. The Labute approximate surface area is 165 Å². The zero-order valence-corrected chi connectivity index (χ0v) is 17.0. The molecule has 2 aromatic rings. The van der Waals surface area contributed by atoms with Crippen molar-refractivity contribution in [2.75, 3.05) is 5.32 Å². The maximum atomic E-state index is 12.0. The molecule has 0 saturated carbocycles. The molecule has 1 aromatic heterocycles. The Kier molecular flexibility index (Phi) is 7.88. The van der Waals surface area contributed by atoms with Gasteiger partial charge in [0.1, 0.15) is 6.54 Å². The number of halogens is 1. The second-order valence-electron chi connectivity index (χ2n) is 6.53. The predicted molar refractivity (Wildman–Crippen MR) is 111 cm³/mol. The van der Waals surface area contributed by atoms with Crippen LogP contribution in [0, 0.1) is 0 Å². The van der Waals surface area contributed by atoms with Crippen LogP contribution >= 0.6 is 24.0 Å². The molecule has 0 fully saturated rings. The molecule has 136 valence electrons. The number of amides is 1. The Morgan fingerprint density at radius 2 is 2.08 bits per heavy atom. The van der Waals surface area contributed by atoms with Crippen LogP contribution in [-0.2, 0) is 17.9 Å². The van der Waals surface area contributed by atoms with Gasteiger partial charge in [-0.25, -0.2) is 4.99 Å². The van der Waals surface area contributed by atoms with Crippen molar-refractivity contribution in [3.8, 4) is 0 Å². The number of hydrogen-bond acceptors (Lipinski definition) is 3. The lowest BCUT2D eigenvalue weighted by Crippen LogP contribution is -2.44. The van der Waals surface area contributed by atoms with Gasteiger partial charge >= 0.3 is 0 Å². The van der Waals surface area contributed by atoms with Crippen LogP contribution in [0.15, 0.2) is 47.7 Å². The van der Waals surface area contributed by atoms with Crippen molar-refractivity contribution in [3.63, 3.8) is 0 Å². The number of aromatic nitrogens is 2. The van der Waals surface area contributed by atoms with Gasteiger partial charge in [-0.15, -0.1) is 24.0 Å². The molecule has 2 rings (SSSR count). The van der Waals surface area contributed by atoms with E-state index in [0.29, 0.717) is 12.5 Å². The molecular formula is C17H25IN6O. The highest BCUT2D eigenvalue weighted by Crippen LogP contribution is 2.12. The summed E-state index contributed by atoms with van der Waals surface area (Å²) in [5, 5.41) is 9.97. The number of nitrogens with one attached hydrogen (secondary N) is 2. The van der Waals surface area contributed by atoms with E-state index in [1.807, 2.05) is 45.0 Å². The van der Waals surface area contributed by atoms with Crippen molar-refractivity contribution >= 4 is 41.5 Å². The zero-order chi connectivity index (χ0) is 17.6. The molecule has 0 aliphatic heterocycles. The van der Waals surface area contributed by atoms with Crippen LogP contribution in [0.25, 0.3) is 0 Å². The predicted octanol–water partition coefficient (Wildman–Crippen LogP) is 2.34. The van der Waals surface area contributed by atoms with Gasteiger partial charge in [0.25, 0.3) is 0 Å². The number of guanidine groups is 1.